The minimum Gasteiger partial charge on any atom is -0.380 e. The Bertz CT molecular complexity index is 244. The van der Waals surface area contributed by atoms with Crippen molar-refractivity contribution in [3.8, 4) is 0 Å². The van der Waals surface area contributed by atoms with Crippen LogP contribution in [0.1, 0.15) is 65.2 Å². The topological polar surface area (TPSA) is 21.3 Å². The number of hydrogen-bond acceptors (Lipinski definition) is 2. The van der Waals surface area contributed by atoms with Gasteiger partial charge in [0.15, 0.2) is 0 Å². The Morgan fingerprint density at radius 1 is 1.00 bits per heavy atom. The van der Waals surface area contributed by atoms with Gasteiger partial charge in [0.1, 0.15) is 0 Å². The molecular formula is C17H33NO. The maximum atomic E-state index is 5.88. The van der Waals surface area contributed by atoms with Gasteiger partial charge in [0, 0.05) is 13.2 Å². The molecule has 0 radical (unpaired) electrons. The van der Waals surface area contributed by atoms with Gasteiger partial charge in [-0.1, -0.05) is 33.1 Å². The minimum absolute atomic E-state index is 0.467. The molecule has 0 spiro atoms. The zero-order chi connectivity index (χ0) is 13.7. The van der Waals surface area contributed by atoms with Gasteiger partial charge in [-0.05, 0) is 56.4 Å². The summed E-state index contributed by atoms with van der Waals surface area (Å²) in [6.45, 7) is 5.75. The maximum absolute atomic E-state index is 5.88. The summed E-state index contributed by atoms with van der Waals surface area (Å²) >= 11 is 0. The van der Waals surface area contributed by atoms with Crippen LogP contribution in [0.5, 0.6) is 0 Å². The summed E-state index contributed by atoms with van der Waals surface area (Å²) in [6, 6.07) is 0.607. The van der Waals surface area contributed by atoms with E-state index in [0.29, 0.717) is 12.1 Å². The molecule has 0 heterocycles. The van der Waals surface area contributed by atoms with Crippen LogP contribution in [0, 0.1) is 17.8 Å². The van der Waals surface area contributed by atoms with E-state index < -0.39 is 0 Å². The summed E-state index contributed by atoms with van der Waals surface area (Å²) in [4.78, 5) is 0. The molecule has 0 aliphatic heterocycles. The molecule has 2 rings (SSSR count). The first-order valence-corrected chi connectivity index (χ1v) is 8.56. The van der Waals surface area contributed by atoms with Crippen LogP contribution in [0.4, 0.5) is 0 Å². The first-order chi connectivity index (χ1) is 9.30. The summed E-state index contributed by atoms with van der Waals surface area (Å²) in [7, 11) is 1.92. The molecule has 2 fully saturated rings. The van der Waals surface area contributed by atoms with Crippen molar-refractivity contribution in [2.75, 3.05) is 13.7 Å². The fraction of sp³-hybridized carbons (Fsp3) is 1.00. The van der Waals surface area contributed by atoms with Gasteiger partial charge in [-0.2, -0.15) is 0 Å². The molecule has 0 amide bonds. The normalized spacial score (nSPS) is 31.1. The molecule has 0 aromatic rings. The monoisotopic (exact) mass is 267 g/mol. The molecular weight excluding hydrogens is 234 g/mol. The number of hydrogen-bond donors (Lipinski definition) is 1. The zero-order valence-corrected chi connectivity index (χ0v) is 13.2. The van der Waals surface area contributed by atoms with Crippen LogP contribution >= 0.6 is 0 Å². The van der Waals surface area contributed by atoms with Crippen LogP contribution in [-0.4, -0.2) is 25.8 Å². The average Bonchev–Trinajstić information content (AvgIpc) is 3.28. The fourth-order valence-electron chi connectivity index (χ4n) is 3.87. The summed E-state index contributed by atoms with van der Waals surface area (Å²) in [5.74, 6) is 2.67. The van der Waals surface area contributed by atoms with Crippen molar-refractivity contribution in [1.82, 2.24) is 5.32 Å². The third-order valence-corrected chi connectivity index (χ3v) is 5.32. The number of rotatable bonds is 8. The zero-order valence-electron chi connectivity index (χ0n) is 13.2. The van der Waals surface area contributed by atoms with Gasteiger partial charge in [0.05, 0.1) is 6.10 Å². The number of ether oxygens (including phenoxy) is 1. The SMILES string of the molecule is CCCNC(C1CCC(CC)CC1)C(OC)C1CC1. The predicted octanol–water partition coefficient (Wildman–Crippen LogP) is 4.00. The van der Waals surface area contributed by atoms with E-state index in [-0.39, 0.29) is 0 Å². The van der Waals surface area contributed by atoms with Crippen LogP contribution in [0.25, 0.3) is 0 Å². The summed E-state index contributed by atoms with van der Waals surface area (Å²) < 4.78 is 5.88. The first kappa shape index (κ1) is 15.3. The Hall–Kier alpha value is -0.0800. The second kappa shape index (κ2) is 7.64. The largest absolute Gasteiger partial charge is 0.380 e. The van der Waals surface area contributed by atoms with Crippen molar-refractivity contribution in [2.24, 2.45) is 17.8 Å². The van der Waals surface area contributed by atoms with Gasteiger partial charge in [-0.3, -0.25) is 0 Å². The van der Waals surface area contributed by atoms with E-state index in [1.54, 1.807) is 0 Å². The summed E-state index contributed by atoms with van der Waals surface area (Å²) in [5, 5.41) is 3.82. The number of methoxy groups -OCH3 is 1. The van der Waals surface area contributed by atoms with E-state index in [2.05, 4.69) is 19.2 Å². The third-order valence-electron chi connectivity index (χ3n) is 5.32. The number of nitrogens with one attached hydrogen (secondary N) is 1. The van der Waals surface area contributed by atoms with Crippen molar-refractivity contribution < 1.29 is 4.74 Å². The van der Waals surface area contributed by atoms with Crippen LogP contribution in [-0.2, 0) is 4.74 Å². The molecule has 2 atom stereocenters. The summed E-state index contributed by atoms with van der Waals surface area (Å²) in [6.07, 6.45) is 11.5. The second-order valence-electron chi connectivity index (χ2n) is 6.71. The lowest BCUT2D eigenvalue weighted by molar-refractivity contribution is 0.0208. The van der Waals surface area contributed by atoms with E-state index in [9.17, 15) is 0 Å². The Balaban J connectivity index is 1.92. The summed E-state index contributed by atoms with van der Waals surface area (Å²) in [5.41, 5.74) is 0. The molecule has 1 N–H and O–H groups in total. The van der Waals surface area contributed by atoms with Crippen molar-refractivity contribution in [3.63, 3.8) is 0 Å². The third kappa shape index (κ3) is 4.19. The Labute approximate surface area is 119 Å². The van der Waals surface area contributed by atoms with Gasteiger partial charge in [0.2, 0.25) is 0 Å². The van der Waals surface area contributed by atoms with Crippen LogP contribution in [0.2, 0.25) is 0 Å². The maximum Gasteiger partial charge on any atom is 0.0755 e. The van der Waals surface area contributed by atoms with Crippen LogP contribution in [0.3, 0.4) is 0 Å². The van der Waals surface area contributed by atoms with E-state index in [4.69, 9.17) is 4.74 Å². The molecule has 0 aromatic carbocycles. The predicted molar refractivity (Wildman–Crippen MR) is 81.3 cm³/mol. The highest BCUT2D eigenvalue weighted by Crippen LogP contribution is 2.40. The quantitative estimate of drug-likeness (QED) is 0.718. The molecule has 2 saturated carbocycles. The van der Waals surface area contributed by atoms with E-state index >= 15 is 0 Å². The average molecular weight is 267 g/mol. The molecule has 0 bridgehead atoms. The van der Waals surface area contributed by atoms with Gasteiger partial charge >= 0.3 is 0 Å². The van der Waals surface area contributed by atoms with Gasteiger partial charge < -0.3 is 10.1 Å². The first-order valence-electron chi connectivity index (χ1n) is 8.56. The fourth-order valence-corrected chi connectivity index (χ4v) is 3.87. The highest BCUT2D eigenvalue weighted by atomic mass is 16.5. The Morgan fingerprint density at radius 3 is 2.11 bits per heavy atom. The molecule has 0 saturated heterocycles. The molecule has 2 aliphatic rings. The molecule has 2 unspecified atom stereocenters. The van der Waals surface area contributed by atoms with Gasteiger partial charge in [0.25, 0.3) is 0 Å². The van der Waals surface area contributed by atoms with Gasteiger partial charge in [-0.15, -0.1) is 0 Å². The van der Waals surface area contributed by atoms with E-state index in [0.717, 1.165) is 24.3 Å². The Kier molecular flexibility index (Phi) is 6.15. The van der Waals surface area contributed by atoms with E-state index in [1.165, 1.54) is 51.4 Å². The molecule has 0 aromatic heterocycles. The molecule has 19 heavy (non-hydrogen) atoms. The van der Waals surface area contributed by atoms with Crippen molar-refractivity contribution in [2.45, 2.75) is 77.4 Å². The highest BCUT2D eigenvalue weighted by Gasteiger charge is 2.40. The molecule has 2 aliphatic carbocycles. The lowest BCUT2D eigenvalue weighted by Crippen LogP contribution is -2.48. The van der Waals surface area contributed by atoms with Crippen LogP contribution in [0.15, 0.2) is 0 Å². The van der Waals surface area contributed by atoms with Crippen LogP contribution < -0.4 is 5.32 Å². The second-order valence-corrected chi connectivity index (χ2v) is 6.71. The smallest absolute Gasteiger partial charge is 0.0755 e. The molecule has 112 valence electrons. The Morgan fingerprint density at radius 2 is 1.63 bits per heavy atom. The molecule has 2 heteroatoms. The lowest BCUT2D eigenvalue weighted by Gasteiger charge is -2.38. The van der Waals surface area contributed by atoms with E-state index in [1.807, 2.05) is 7.11 Å². The van der Waals surface area contributed by atoms with Crippen molar-refractivity contribution in [1.29, 1.82) is 0 Å². The highest BCUT2D eigenvalue weighted by molar-refractivity contribution is 4.94. The van der Waals surface area contributed by atoms with Crippen molar-refractivity contribution in [3.05, 3.63) is 0 Å². The molecule has 2 nitrogen and oxygen atoms in total. The van der Waals surface area contributed by atoms with Gasteiger partial charge in [-0.25, -0.2) is 0 Å². The van der Waals surface area contributed by atoms with Crippen molar-refractivity contribution >= 4 is 0 Å². The lowest BCUT2D eigenvalue weighted by atomic mass is 9.75. The minimum atomic E-state index is 0.467. The standard InChI is InChI=1S/C17H33NO/c1-4-12-18-16(17(19-3)15-10-11-15)14-8-6-13(5-2)7-9-14/h13-18H,4-12H2,1-3H3.